The molecule has 2 amide bonds. The monoisotopic (exact) mass is 527 g/mol. The summed E-state index contributed by atoms with van der Waals surface area (Å²) in [6, 6.07) is 3.14. The molecule has 0 radical (unpaired) electrons. The van der Waals surface area contributed by atoms with Gasteiger partial charge < -0.3 is 31.0 Å². The number of aryl methyl sites for hydroxylation is 1. The van der Waals surface area contributed by atoms with Crippen LogP contribution in [0.5, 0.6) is 5.75 Å². The molecule has 6 N–H and O–H groups in total. The van der Waals surface area contributed by atoms with Gasteiger partial charge in [-0.15, -0.1) is 0 Å². The first kappa shape index (κ1) is 26.1. The molecule has 0 aromatic carbocycles. The summed E-state index contributed by atoms with van der Waals surface area (Å²) >= 11 is 6.40. The number of carbonyl (C=O) groups is 2. The summed E-state index contributed by atoms with van der Waals surface area (Å²) in [5.41, 5.74) is 9.27. The number of hydrogen-bond donors (Lipinski definition) is 5. The summed E-state index contributed by atoms with van der Waals surface area (Å²) in [5, 5.41) is 20.9. The van der Waals surface area contributed by atoms with Gasteiger partial charge in [0.2, 0.25) is 5.95 Å². The van der Waals surface area contributed by atoms with Crippen LogP contribution in [0, 0.1) is 13.8 Å². The van der Waals surface area contributed by atoms with Gasteiger partial charge in [0.1, 0.15) is 16.6 Å². The Labute approximate surface area is 217 Å². The van der Waals surface area contributed by atoms with Crippen LogP contribution in [0.15, 0.2) is 18.3 Å². The van der Waals surface area contributed by atoms with Gasteiger partial charge in [-0.25, -0.2) is 4.98 Å². The van der Waals surface area contributed by atoms with Crippen LogP contribution >= 0.6 is 11.6 Å². The maximum absolute atomic E-state index is 13.6. The molecule has 13 heteroatoms. The number of amides is 2. The normalized spacial score (nSPS) is 14.7. The van der Waals surface area contributed by atoms with E-state index < -0.39 is 24.5 Å². The maximum atomic E-state index is 13.6. The van der Waals surface area contributed by atoms with Crippen molar-refractivity contribution in [1.29, 1.82) is 0 Å². The van der Waals surface area contributed by atoms with Crippen LogP contribution in [0.4, 0.5) is 11.8 Å². The van der Waals surface area contributed by atoms with Crippen molar-refractivity contribution in [2.75, 3.05) is 30.9 Å². The third kappa shape index (κ3) is 5.12. The lowest BCUT2D eigenvalue weighted by atomic mass is 10.1. The van der Waals surface area contributed by atoms with Crippen LogP contribution in [0.1, 0.15) is 38.6 Å². The molecule has 194 valence electrons. The second-order valence-electron chi connectivity index (χ2n) is 8.44. The lowest BCUT2D eigenvalue weighted by Gasteiger charge is -2.19. The van der Waals surface area contributed by atoms with Crippen LogP contribution in [-0.4, -0.2) is 68.3 Å². The van der Waals surface area contributed by atoms with E-state index in [0.29, 0.717) is 22.7 Å². The first-order chi connectivity index (χ1) is 17.6. The molecule has 12 nitrogen and oxygen atoms in total. The Kier molecular flexibility index (Phi) is 7.43. The van der Waals surface area contributed by atoms with Crippen molar-refractivity contribution >= 4 is 46.8 Å². The highest BCUT2D eigenvalue weighted by molar-refractivity contribution is 6.41. The predicted octanol–water partition coefficient (Wildman–Crippen LogP) is 1.23. The number of fused-ring (bicyclic) bond motifs is 1. The van der Waals surface area contributed by atoms with Gasteiger partial charge in [-0.1, -0.05) is 11.6 Å². The fourth-order valence-electron chi connectivity index (χ4n) is 4.03. The summed E-state index contributed by atoms with van der Waals surface area (Å²) in [6.07, 6.45) is 2.15. The Hall–Kier alpha value is -4.00. The molecule has 4 heterocycles. The van der Waals surface area contributed by atoms with Gasteiger partial charge in [0.05, 0.1) is 43.2 Å². The van der Waals surface area contributed by atoms with E-state index >= 15 is 0 Å². The van der Waals surface area contributed by atoms with Crippen molar-refractivity contribution in [3.8, 4) is 5.75 Å². The van der Waals surface area contributed by atoms with Gasteiger partial charge in [0, 0.05) is 29.6 Å². The zero-order valence-electron chi connectivity index (χ0n) is 20.4. The molecule has 0 saturated heterocycles. The van der Waals surface area contributed by atoms with Gasteiger partial charge in [-0.2, -0.15) is 4.98 Å². The molecule has 0 fully saturated rings. The lowest BCUT2D eigenvalue weighted by molar-refractivity contribution is -0.113. The standard InChI is InChI=1S/C24H26ClN7O5/c1-11-7-27-17(12(2)19(11)37-3)9-32-21-18(20(25)30-24(26)31-21)15(23(32)36)6-13-4-5-16(29-13)22(35)28-8-14(34)10-33/h4-7,14,29,33-34H,8-10H2,1-3H3,(H,28,35)(H2,26,30,31). The van der Waals surface area contributed by atoms with Gasteiger partial charge in [-0.05, 0) is 32.1 Å². The molecule has 1 aliphatic heterocycles. The topological polar surface area (TPSA) is 180 Å². The van der Waals surface area contributed by atoms with Gasteiger partial charge >= 0.3 is 0 Å². The average Bonchev–Trinajstić information content (AvgIpc) is 3.43. The fraction of sp³-hybridized carbons (Fsp3) is 0.292. The third-order valence-electron chi connectivity index (χ3n) is 5.88. The van der Waals surface area contributed by atoms with E-state index in [0.717, 1.165) is 11.1 Å². The molecule has 0 bridgehead atoms. The summed E-state index contributed by atoms with van der Waals surface area (Å²) in [5.74, 6) is -0.0448. The van der Waals surface area contributed by atoms with E-state index in [1.54, 1.807) is 25.4 Å². The number of nitrogens with one attached hydrogen (secondary N) is 2. The Bertz CT molecular complexity index is 1400. The maximum Gasteiger partial charge on any atom is 0.267 e. The predicted molar refractivity (Wildman–Crippen MR) is 137 cm³/mol. The van der Waals surface area contributed by atoms with Gasteiger partial charge in [0.15, 0.2) is 5.82 Å². The smallest absolute Gasteiger partial charge is 0.267 e. The quantitative estimate of drug-likeness (QED) is 0.213. The average molecular weight is 528 g/mol. The molecule has 1 atom stereocenters. The zero-order valence-corrected chi connectivity index (χ0v) is 21.1. The highest BCUT2D eigenvalue weighted by atomic mass is 35.5. The van der Waals surface area contributed by atoms with Crippen LogP contribution in [0.2, 0.25) is 5.15 Å². The minimum Gasteiger partial charge on any atom is -0.496 e. The van der Waals surface area contributed by atoms with Crippen molar-refractivity contribution in [1.82, 2.24) is 25.3 Å². The minimum atomic E-state index is -1.07. The molecule has 4 rings (SSSR count). The van der Waals surface area contributed by atoms with Crippen molar-refractivity contribution in [2.24, 2.45) is 0 Å². The zero-order chi connectivity index (χ0) is 26.9. The molecule has 1 aliphatic rings. The van der Waals surface area contributed by atoms with Crippen LogP contribution in [0.25, 0.3) is 11.6 Å². The number of pyridine rings is 1. The number of H-pyrrole nitrogens is 1. The number of nitrogen functional groups attached to an aromatic ring is 1. The number of nitrogens with two attached hydrogens (primary N) is 1. The first-order valence-corrected chi connectivity index (χ1v) is 11.6. The summed E-state index contributed by atoms with van der Waals surface area (Å²) in [7, 11) is 1.57. The molecule has 0 aliphatic carbocycles. The van der Waals surface area contributed by atoms with Crippen molar-refractivity contribution in [3.63, 3.8) is 0 Å². The van der Waals surface area contributed by atoms with E-state index in [2.05, 4.69) is 25.3 Å². The van der Waals surface area contributed by atoms with Crippen LogP contribution < -0.4 is 20.7 Å². The molecule has 0 spiro atoms. The van der Waals surface area contributed by atoms with E-state index in [9.17, 15) is 14.7 Å². The molecular weight excluding hydrogens is 502 g/mol. The second kappa shape index (κ2) is 10.5. The highest BCUT2D eigenvalue weighted by Crippen LogP contribution is 2.41. The number of nitrogens with zero attached hydrogens (tertiary/aromatic N) is 4. The number of rotatable bonds is 8. The number of aliphatic hydroxyl groups excluding tert-OH is 2. The number of ether oxygens (including phenoxy) is 1. The Morgan fingerprint density at radius 2 is 2.11 bits per heavy atom. The largest absolute Gasteiger partial charge is 0.496 e. The molecule has 1 unspecified atom stereocenters. The number of halogens is 1. The molecule has 37 heavy (non-hydrogen) atoms. The lowest BCUT2D eigenvalue weighted by Crippen LogP contribution is -2.34. The highest BCUT2D eigenvalue weighted by Gasteiger charge is 2.37. The summed E-state index contributed by atoms with van der Waals surface area (Å²) < 4.78 is 5.49. The molecular formula is C24H26ClN7O5. The second-order valence-corrected chi connectivity index (χ2v) is 8.80. The van der Waals surface area contributed by atoms with E-state index in [-0.39, 0.29) is 41.3 Å². The molecule has 0 saturated carbocycles. The number of aromatic nitrogens is 4. The Morgan fingerprint density at radius 1 is 1.35 bits per heavy atom. The summed E-state index contributed by atoms with van der Waals surface area (Å²) in [6.45, 7) is 3.24. The van der Waals surface area contributed by atoms with Crippen molar-refractivity contribution < 1.29 is 24.5 Å². The molecule has 3 aromatic rings. The number of aliphatic hydroxyl groups is 2. The van der Waals surface area contributed by atoms with Crippen LogP contribution in [0.3, 0.4) is 0 Å². The first-order valence-electron chi connectivity index (χ1n) is 11.3. The number of carbonyl (C=O) groups excluding carboxylic acids is 2. The number of hydrogen-bond acceptors (Lipinski definition) is 9. The van der Waals surface area contributed by atoms with E-state index in [1.807, 2.05) is 13.8 Å². The minimum absolute atomic E-state index is 0.0123. The van der Waals surface area contributed by atoms with Gasteiger partial charge in [-0.3, -0.25) is 19.5 Å². The number of aromatic amines is 1. The Morgan fingerprint density at radius 3 is 2.81 bits per heavy atom. The van der Waals surface area contributed by atoms with Crippen LogP contribution in [-0.2, 0) is 11.3 Å². The van der Waals surface area contributed by atoms with Crippen molar-refractivity contribution in [2.45, 2.75) is 26.5 Å². The number of methoxy groups -OCH3 is 1. The molecule has 3 aromatic heterocycles. The fourth-order valence-corrected chi connectivity index (χ4v) is 4.30. The Balaban J connectivity index is 1.69. The summed E-state index contributed by atoms with van der Waals surface area (Å²) in [4.78, 5) is 43.0. The van der Waals surface area contributed by atoms with Gasteiger partial charge in [0.25, 0.3) is 11.8 Å². The van der Waals surface area contributed by atoms with E-state index in [1.165, 1.54) is 11.0 Å². The van der Waals surface area contributed by atoms with E-state index in [4.69, 9.17) is 27.2 Å². The third-order valence-corrected chi connectivity index (χ3v) is 6.16. The SMILES string of the molecule is COc1c(C)cnc(CN2C(=O)C(=Cc3ccc(C(=O)NCC(O)CO)[nH]3)c3c(Cl)nc(N)nc32)c1C. The van der Waals surface area contributed by atoms with Crippen molar-refractivity contribution in [3.05, 3.63) is 57.3 Å². The number of anilines is 2.